The monoisotopic (exact) mass is 437 g/mol. The summed E-state index contributed by atoms with van der Waals surface area (Å²) in [5, 5.41) is 1.97. The molecule has 0 saturated heterocycles. The number of hydrogen-bond donors (Lipinski definition) is 1. The molecule has 0 unspecified atom stereocenters. The highest BCUT2D eigenvalue weighted by Crippen LogP contribution is 2.43. The van der Waals surface area contributed by atoms with Crippen LogP contribution >= 0.6 is 0 Å². The highest BCUT2D eigenvalue weighted by Gasteiger charge is 2.36. The van der Waals surface area contributed by atoms with E-state index in [0.29, 0.717) is 46.2 Å². The lowest BCUT2D eigenvalue weighted by Gasteiger charge is -2.27. The number of halogens is 1. The second kappa shape index (κ2) is 6.65. The summed E-state index contributed by atoms with van der Waals surface area (Å²) in [5.41, 5.74) is 1.26. The molecule has 0 bridgehead atoms. The van der Waals surface area contributed by atoms with E-state index in [-0.39, 0.29) is 16.1 Å². The van der Waals surface area contributed by atoms with Gasteiger partial charge in [-0.1, -0.05) is 38.1 Å². The highest BCUT2D eigenvalue weighted by atomic mass is 32.2. The molecule has 1 aliphatic rings. The number of hydrogen-bond acceptors (Lipinski definition) is 4. The van der Waals surface area contributed by atoms with Crippen molar-refractivity contribution in [3.63, 3.8) is 0 Å². The Bertz CT molecular complexity index is 1470. The summed E-state index contributed by atoms with van der Waals surface area (Å²) in [7, 11) is -3.96. The molecule has 31 heavy (non-hydrogen) atoms. The first-order valence-corrected chi connectivity index (χ1v) is 11.4. The van der Waals surface area contributed by atoms with Crippen LogP contribution in [0.15, 0.2) is 63.9 Å². The molecular formula is C24H20FNO4S. The second-order valence-corrected chi connectivity index (χ2v) is 10.4. The Morgan fingerprint density at radius 3 is 2.35 bits per heavy atom. The molecule has 3 aromatic carbocycles. The predicted octanol–water partition coefficient (Wildman–Crippen LogP) is 5.68. The number of ketones is 1. The molecule has 5 rings (SSSR count). The van der Waals surface area contributed by atoms with Gasteiger partial charge in [-0.3, -0.25) is 9.52 Å². The number of sulfonamides is 1. The Morgan fingerprint density at radius 1 is 0.968 bits per heavy atom. The number of carbonyl (C=O) groups is 1. The molecule has 1 N–H and O–H groups in total. The average molecular weight is 437 g/mol. The van der Waals surface area contributed by atoms with Crippen molar-refractivity contribution >= 4 is 43.2 Å². The third-order valence-corrected chi connectivity index (χ3v) is 7.08. The summed E-state index contributed by atoms with van der Waals surface area (Å²) in [6.07, 6.45) is 1.03. The van der Waals surface area contributed by atoms with Crippen molar-refractivity contribution in [1.29, 1.82) is 0 Å². The lowest BCUT2D eigenvalue weighted by Crippen LogP contribution is -2.25. The van der Waals surface area contributed by atoms with Crippen LogP contribution in [0.5, 0.6) is 0 Å². The molecule has 0 atom stereocenters. The first kappa shape index (κ1) is 19.8. The Balaban J connectivity index is 1.72. The van der Waals surface area contributed by atoms with Gasteiger partial charge in [0.05, 0.1) is 16.1 Å². The van der Waals surface area contributed by atoms with Gasteiger partial charge in [0.2, 0.25) is 0 Å². The standard InChI is InChI=1S/C24H20FNO4S/c1-24(2)12-20(27)22-18-11-19(26-31(28,29)15-9-7-14(25)8-10-15)16-5-3-4-6-17(16)23(18)30-21(22)13-24/h3-11,26H,12-13H2,1-2H3. The van der Waals surface area contributed by atoms with Crippen LogP contribution in [-0.2, 0) is 16.4 Å². The number of carbonyl (C=O) groups excluding carboxylic acids is 1. The minimum atomic E-state index is -3.96. The van der Waals surface area contributed by atoms with Gasteiger partial charge in [-0.05, 0) is 35.7 Å². The van der Waals surface area contributed by atoms with Gasteiger partial charge in [0.25, 0.3) is 10.0 Å². The molecule has 0 spiro atoms. The molecule has 0 radical (unpaired) electrons. The zero-order chi connectivity index (χ0) is 22.0. The van der Waals surface area contributed by atoms with Gasteiger partial charge < -0.3 is 4.42 Å². The molecule has 0 saturated carbocycles. The van der Waals surface area contributed by atoms with E-state index >= 15 is 0 Å². The number of nitrogens with one attached hydrogen (secondary N) is 1. The first-order valence-electron chi connectivity index (χ1n) is 9.93. The van der Waals surface area contributed by atoms with Crippen molar-refractivity contribution < 1.29 is 22.0 Å². The highest BCUT2D eigenvalue weighted by molar-refractivity contribution is 7.92. The van der Waals surface area contributed by atoms with Crippen molar-refractivity contribution in [2.24, 2.45) is 5.41 Å². The molecule has 0 amide bonds. The van der Waals surface area contributed by atoms with Gasteiger partial charge in [-0.2, -0.15) is 0 Å². The van der Waals surface area contributed by atoms with Gasteiger partial charge >= 0.3 is 0 Å². The molecule has 1 heterocycles. The minimum absolute atomic E-state index is 0.00683. The molecule has 1 aromatic heterocycles. The van der Waals surface area contributed by atoms with Crippen LogP contribution in [0, 0.1) is 11.2 Å². The van der Waals surface area contributed by atoms with Crippen LogP contribution in [0.25, 0.3) is 21.7 Å². The molecule has 7 heteroatoms. The van der Waals surface area contributed by atoms with Crippen LogP contribution < -0.4 is 4.72 Å². The number of furan rings is 1. The molecule has 158 valence electrons. The molecular weight excluding hydrogens is 417 g/mol. The van der Waals surface area contributed by atoms with E-state index in [1.54, 1.807) is 18.2 Å². The van der Waals surface area contributed by atoms with E-state index < -0.39 is 15.8 Å². The summed E-state index contributed by atoms with van der Waals surface area (Å²) in [5.74, 6) is 0.116. The van der Waals surface area contributed by atoms with E-state index in [0.717, 1.165) is 17.5 Å². The molecule has 0 aliphatic heterocycles. The summed E-state index contributed by atoms with van der Waals surface area (Å²) >= 11 is 0. The summed E-state index contributed by atoms with van der Waals surface area (Å²) in [6, 6.07) is 13.6. The molecule has 5 nitrogen and oxygen atoms in total. The molecule has 1 aliphatic carbocycles. The fourth-order valence-corrected chi connectivity index (χ4v) is 5.39. The maximum absolute atomic E-state index is 13.2. The number of Topliss-reactive ketones (excluding diaryl/α,β-unsaturated/α-hetero) is 1. The normalized spacial score (nSPS) is 15.9. The molecule has 4 aromatic rings. The zero-order valence-electron chi connectivity index (χ0n) is 17.0. The third-order valence-electron chi connectivity index (χ3n) is 5.69. The van der Waals surface area contributed by atoms with Gasteiger partial charge in [-0.15, -0.1) is 0 Å². The molecule has 0 fully saturated rings. The van der Waals surface area contributed by atoms with Gasteiger partial charge in [0.15, 0.2) is 5.78 Å². The lowest BCUT2D eigenvalue weighted by molar-refractivity contribution is 0.0906. The maximum atomic E-state index is 13.2. The van der Waals surface area contributed by atoms with Crippen molar-refractivity contribution in [3.8, 4) is 0 Å². The van der Waals surface area contributed by atoms with Crippen molar-refractivity contribution in [2.75, 3.05) is 4.72 Å². The smallest absolute Gasteiger partial charge is 0.261 e. The van der Waals surface area contributed by atoms with Gasteiger partial charge in [0.1, 0.15) is 17.2 Å². The minimum Gasteiger partial charge on any atom is -0.460 e. The summed E-state index contributed by atoms with van der Waals surface area (Å²) in [4.78, 5) is 12.9. The van der Waals surface area contributed by atoms with E-state index in [4.69, 9.17) is 4.42 Å². The van der Waals surface area contributed by atoms with Gasteiger partial charge in [-0.25, -0.2) is 12.8 Å². The fourth-order valence-electron chi connectivity index (χ4n) is 4.32. The van der Waals surface area contributed by atoms with Crippen LogP contribution in [0.2, 0.25) is 0 Å². The van der Waals surface area contributed by atoms with E-state index in [2.05, 4.69) is 4.72 Å². The topological polar surface area (TPSA) is 76.4 Å². The summed E-state index contributed by atoms with van der Waals surface area (Å²) < 4.78 is 47.9. The van der Waals surface area contributed by atoms with Gasteiger partial charge in [0, 0.05) is 29.0 Å². The van der Waals surface area contributed by atoms with E-state index in [1.807, 2.05) is 26.0 Å². The SMILES string of the molecule is CC1(C)CC(=O)c2c(oc3c2cc(NS(=O)(=O)c2ccc(F)cc2)c2ccccc23)C1. The Morgan fingerprint density at radius 2 is 1.65 bits per heavy atom. The lowest BCUT2D eigenvalue weighted by atomic mass is 9.76. The largest absolute Gasteiger partial charge is 0.460 e. The van der Waals surface area contributed by atoms with E-state index in [1.165, 1.54) is 12.1 Å². The number of benzene rings is 3. The Hall–Kier alpha value is -3.19. The van der Waals surface area contributed by atoms with Crippen LogP contribution in [0.3, 0.4) is 0 Å². The van der Waals surface area contributed by atoms with Crippen molar-refractivity contribution in [3.05, 3.63) is 71.7 Å². The van der Waals surface area contributed by atoms with Crippen molar-refractivity contribution in [1.82, 2.24) is 0 Å². The van der Waals surface area contributed by atoms with Crippen LogP contribution in [0.4, 0.5) is 10.1 Å². The number of fused-ring (bicyclic) bond motifs is 5. The Kier molecular flexibility index (Phi) is 4.24. The predicted molar refractivity (Wildman–Crippen MR) is 117 cm³/mol. The van der Waals surface area contributed by atoms with Crippen LogP contribution in [0.1, 0.15) is 36.4 Å². The quantitative estimate of drug-likeness (QED) is 0.447. The average Bonchev–Trinajstić information content (AvgIpc) is 3.05. The van der Waals surface area contributed by atoms with E-state index in [9.17, 15) is 17.6 Å². The first-order chi connectivity index (χ1) is 14.6. The Labute approximate surface area is 178 Å². The maximum Gasteiger partial charge on any atom is 0.261 e. The number of anilines is 1. The number of rotatable bonds is 3. The van der Waals surface area contributed by atoms with Crippen molar-refractivity contribution in [2.45, 2.75) is 31.6 Å². The zero-order valence-corrected chi connectivity index (χ0v) is 17.8. The third kappa shape index (κ3) is 3.29. The second-order valence-electron chi connectivity index (χ2n) is 8.75. The fraction of sp³-hybridized carbons (Fsp3) is 0.208. The van der Waals surface area contributed by atoms with Crippen LogP contribution in [-0.4, -0.2) is 14.2 Å². The summed E-state index contributed by atoms with van der Waals surface area (Å²) in [6.45, 7) is 4.06.